The van der Waals surface area contributed by atoms with Gasteiger partial charge in [-0.25, -0.2) is 0 Å². The van der Waals surface area contributed by atoms with Gasteiger partial charge < -0.3 is 15.0 Å². The molecule has 0 bridgehead atoms. The lowest BCUT2D eigenvalue weighted by molar-refractivity contribution is -0.0498. The van der Waals surface area contributed by atoms with Gasteiger partial charge in [0.1, 0.15) is 5.75 Å². The average Bonchev–Trinajstić information content (AvgIpc) is 2.45. The van der Waals surface area contributed by atoms with E-state index in [9.17, 15) is 8.78 Å². The predicted molar refractivity (Wildman–Crippen MR) is 80.5 cm³/mol. The summed E-state index contributed by atoms with van der Waals surface area (Å²) >= 11 is 0. The molecule has 0 saturated carbocycles. The van der Waals surface area contributed by atoms with Gasteiger partial charge in [0.05, 0.1) is 6.54 Å². The maximum absolute atomic E-state index is 12.3. The highest BCUT2D eigenvalue weighted by Crippen LogP contribution is 2.25. The molecule has 1 aliphatic rings. The quantitative estimate of drug-likeness (QED) is 0.861. The second-order valence-corrected chi connectivity index (χ2v) is 5.11. The van der Waals surface area contributed by atoms with Crippen LogP contribution in [0, 0.1) is 0 Å². The first-order valence-corrected chi connectivity index (χ1v) is 6.98. The molecule has 21 heavy (non-hydrogen) atoms. The number of rotatable bonds is 6. The molecule has 3 nitrogen and oxygen atoms in total. The summed E-state index contributed by atoms with van der Waals surface area (Å²) in [5.74, 6) is 0.179. The van der Waals surface area contributed by atoms with E-state index in [0.717, 1.165) is 17.8 Å². The molecule has 0 fully saturated rings. The molecule has 5 heteroatoms. The summed E-state index contributed by atoms with van der Waals surface area (Å²) in [6.45, 7) is 2.03. The van der Waals surface area contributed by atoms with E-state index in [4.69, 9.17) is 0 Å². The van der Waals surface area contributed by atoms with Crippen molar-refractivity contribution in [3.8, 4) is 5.75 Å². The second-order valence-electron chi connectivity index (χ2n) is 5.11. The van der Waals surface area contributed by atoms with Gasteiger partial charge in [0.15, 0.2) is 0 Å². The Morgan fingerprint density at radius 3 is 2.76 bits per heavy atom. The van der Waals surface area contributed by atoms with Gasteiger partial charge in [-0.1, -0.05) is 18.2 Å². The molecule has 0 spiro atoms. The molecule has 0 radical (unpaired) electrons. The molecular weight excluding hydrogens is 274 g/mol. The summed E-state index contributed by atoms with van der Waals surface area (Å²) in [6.07, 6.45) is 6.99. The molecule has 1 aliphatic heterocycles. The van der Waals surface area contributed by atoms with Gasteiger partial charge in [0, 0.05) is 23.5 Å². The molecule has 0 amide bonds. The van der Waals surface area contributed by atoms with Crippen molar-refractivity contribution in [3.63, 3.8) is 0 Å². The van der Waals surface area contributed by atoms with Crippen LogP contribution in [0.2, 0.25) is 0 Å². The fraction of sp³-hybridized carbons (Fsp3) is 0.375. The highest BCUT2D eigenvalue weighted by molar-refractivity contribution is 5.52. The third-order valence-electron chi connectivity index (χ3n) is 3.23. The first-order valence-electron chi connectivity index (χ1n) is 6.98. The van der Waals surface area contributed by atoms with Gasteiger partial charge in [0.2, 0.25) is 0 Å². The Labute approximate surface area is 123 Å². The van der Waals surface area contributed by atoms with E-state index in [2.05, 4.69) is 34.9 Å². The van der Waals surface area contributed by atoms with E-state index in [0.29, 0.717) is 6.54 Å². The lowest BCUT2D eigenvalue weighted by Gasteiger charge is -2.31. The molecule has 0 aliphatic carbocycles. The maximum Gasteiger partial charge on any atom is 0.387 e. The summed E-state index contributed by atoms with van der Waals surface area (Å²) < 4.78 is 29.1. The summed E-state index contributed by atoms with van der Waals surface area (Å²) in [5.41, 5.74) is 1.96. The van der Waals surface area contributed by atoms with Gasteiger partial charge >= 0.3 is 6.61 Å². The minimum absolute atomic E-state index is 0.179. The second kappa shape index (κ2) is 7.11. The lowest BCUT2D eigenvalue weighted by Crippen LogP contribution is -2.35. The largest absolute Gasteiger partial charge is 0.435 e. The SMILES string of the molecule is CC(C)N(CC1=CCC=CN1)c1cccc(OC(F)F)c1. The number of hydrogen-bond acceptors (Lipinski definition) is 3. The van der Waals surface area contributed by atoms with Crippen LogP contribution in [0.15, 0.2) is 48.3 Å². The Hall–Kier alpha value is -2.04. The Kier molecular flexibility index (Phi) is 5.20. The van der Waals surface area contributed by atoms with E-state index in [1.165, 1.54) is 6.07 Å². The Morgan fingerprint density at radius 1 is 1.33 bits per heavy atom. The average molecular weight is 294 g/mol. The van der Waals surface area contributed by atoms with Gasteiger partial charge in [-0.15, -0.1) is 0 Å². The number of hydrogen-bond donors (Lipinski definition) is 1. The molecule has 114 valence electrons. The molecule has 0 unspecified atom stereocenters. The maximum atomic E-state index is 12.3. The van der Waals surface area contributed by atoms with Crippen LogP contribution in [-0.2, 0) is 0 Å². The molecule has 1 aromatic carbocycles. The Balaban J connectivity index is 2.15. The monoisotopic (exact) mass is 294 g/mol. The fourth-order valence-electron chi connectivity index (χ4n) is 2.21. The van der Waals surface area contributed by atoms with Crippen LogP contribution in [0.25, 0.3) is 0 Å². The minimum atomic E-state index is -2.80. The molecule has 0 atom stereocenters. The van der Waals surface area contributed by atoms with Crippen molar-refractivity contribution in [1.29, 1.82) is 0 Å². The van der Waals surface area contributed by atoms with Gasteiger partial charge in [0.25, 0.3) is 0 Å². The Morgan fingerprint density at radius 2 is 2.14 bits per heavy atom. The number of ether oxygens (including phenoxy) is 1. The van der Waals surface area contributed by atoms with Crippen LogP contribution in [0.4, 0.5) is 14.5 Å². The van der Waals surface area contributed by atoms with E-state index < -0.39 is 6.61 Å². The topological polar surface area (TPSA) is 24.5 Å². The van der Waals surface area contributed by atoms with Crippen LogP contribution >= 0.6 is 0 Å². The number of nitrogens with zero attached hydrogens (tertiary/aromatic N) is 1. The van der Waals surface area contributed by atoms with Crippen LogP contribution < -0.4 is 15.0 Å². The fourth-order valence-corrected chi connectivity index (χ4v) is 2.21. The first-order chi connectivity index (χ1) is 10.1. The smallest absolute Gasteiger partial charge is 0.387 e. The van der Waals surface area contributed by atoms with Crippen LogP contribution in [0.3, 0.4) is 0 Å². The molecule has 1 N–H and O–H groups in total. The van der Waals surface area contributed by atoms with Crippen molar-refractivity contribution < 1.29 is 13.5 Å². The van der Waals surface area contributed by atoms with E-state index in [-0.39, 0.29) is 11.8 Å². The molecular formula is C16H20F2N2O. The van der Waals surface area contributed by atoms with Crippen molar-refractivity contribution in [3.05, 3.63) is 48.3 Å². The van der Waals surface area contributed by atoms with Crippen molar-refractivity contribution >= 4 is 5.69 Å². The zero-order valence-corrected chi connectivity index (χ0v) is 12.2. The van der Waals surface area contributed by atoms with E-state index in [1.54, 1.807) is 12.1 Å². The predicted octanol–water partition coefficient (Wildman–Crippen LogP) is 3.89. The summed E-state index contributed by atoms with van der Waals surface area (Å²) in [4.78, 5) is 2.14. The molecule has 2 rings (SSSR count). The van der Waals surface area contributed by atoms with Crippen LogP contribution in [0.5, 0.6) is 5.75 Å². The Bertz CT molecular complexity index is 527. The normalized spacial score (nSPS) is 14.1. The lowest BCUT2D eigenvalue weighted by atomic mass is 10.2. The minimum Gasteiger partial charge on any atom is -0.435 e. The number of halogens is 2. The zero-order chi connectivity index (χ0) is 15.2. The van der Waals surface area contributed by atoms with Crippen molar-refractivity contribution in [2.75, 3.05) is 11.4 Å². The van der Waals surface area contributed by atoms with Crippen LogP contribution in [0.1, 0.15) is 20.3 Å². The highest BCUT2D eigenvalue weighted by Gasteiger charge is 2.14. The highest BCUT2D eigenvalue weighted by atomic mass is 19.3. The van der Waals surface area contributed by atoms with Crippen molar-refractivity contribution in [2.45, 2.75) is 32.9 Å². The van der Waals surface area contributed by atoms with Gasteiger partial charge in [-0.05, 0) is 38.6 Å². The first kappa shape index (κ1) is 15.4. The third kappa shape index (κ3) is 4.48. The molecule has 0 aromatic heterocycles. The van der Waals surface area contributed by atoms with E-state index in [1.807, 2.05) is 18.3 Å². The van der Waals surface area contributed by atoms with Crippen molar-refractivity contribution in [2.24, 2.45) is 0 Å². The van der Waals surface area contributed by atoms with Gasteiger partial charge in [-0.2, -0.15) is 8.78 Å². The molecule has 1 aromatic rings. The zero-order valence-electron chi connectivity index (χ0n) is 12.2. The summed E-state index contributed by atoms with van der Waals surface area (Å²) in [6, 6.07) is 7.05. The number of benzene rings is 1. The standard InChI is InChI=1S/C16H20F2N2O/c1-12(2)20(11-13-6-3-4-9-19-13)14-7-5-8-15(10-14)21-16(17)18/h4-10,12,16,19H,3,11H2,1-2H3. The number of allylic oxidation sites excluding steroid dienone is 2. The molecule has 0 saturated heterocycles. The number of anilines is 1. The van der Waals surface area contributed by atoms with Crippen molar-refractivity contribution in [1.82, 2.24) is 5.32 Å². The van der Waals surface area contributed by atoms with E-state index >= 15 is 0 Å². The number of dihydropyridines is 1. The number of alkyl halides is 2. The third-order valence-corrected chi connectivity index (χ3v) is 3.23. The summed E-state index contributed by atoms with van der Waals surface area (Å²) in [7, 11) is 0. The van der Waals surface area contributed by atoms with Crippen LogP contribution in [-0.4, -0.2) is 19.2 Å². The molecule has 1 heterocycles. The summed E-state index contributed by atoms with van der Waals surface area (Å²) in [5, 5.41) is 3.21. The van der Waals surface area contributed by atoms with Gasteiger partial charge in [-0.3, -0.25) is 0 Å². The number of nitrogens with one attached hydrogen (secondary N) is 1.